The molecule has 0 spiro atoms. The molecule has 60 valence electrons. The Hall–Kier alpha value is -1.09. The summed E-state index contributed by atoms with van der Waals surface area (Å²) in [4.78, 5) is 10.8. The Morgan fingerprint density at radius 1 is 1.64 bits per heavy atom. The fourth-order valence-corrected chi connectivity index (χ4v) is 0.988. The van der Waals surface area contributed by atoms with E-state index in [1.807, 2.05) is 7.05 Å². The zero-order chi connectivity index (χ0) is 8.27. The van der Waals surface area contributed by atoms with Crippen LogP contribution >= 0.6 is 0 Å². The van der Waals surface area contributed by atoms with Crippen molar-refractivity contribution in [3.8, 4) is 0 Å². The summed E-state index contributed by atoms with van der Waals surface area (Å²) in [6.07, 6.45) is 4.80. The van der Waals surface area contributed by atoms with E-state index in [2.05, 4.69) is 5.32 Å². The van der Waals surface area contributed by atoms with E-state index in [0.29, 0.717) is 5.76 Å². The van der Waals surface area contributed by atoms with Crippen molar-refractivity contribution in [3.05, 3.63) is 24.0 Å². The Morgan fingerprint density at radius 3 is 2.91 bits per heavy atom. The van der Waals surface area contributed by atoms with Gasteiger partial charge in [-0.05, 0) is 13.1 Å². The minimum absolute atomic E-state index is 0.0200. The van der Waals surface area contributed by atoms with Gasteiger partial charge in [0, 0.05) is 6.08 Å². The number of nitrogens with one attached hydrogen (secondary N) is 1. The van der Waals surface area contributed by atoms with Crippen LogP contribution in [0.15, 0.2) is 24.0 Å². The summed E-state index contributed by atoms with van der Waals surface area (Å²) in [6, 6.07) is 0.0395. The van der Waals surface area contributed by atoms with Crippen molar-refractivity contribution in [2.24, 2.45) is 0 Å². The molecule has 1 aliphatic carbocycles. The third-order valence-corrected chi connectivity index (χ3v) is 1.59. The molecule has 1 atom stereocenters. The minimum atomic E-state index is -0.0200. The molecule has 0 heterocycles. The third kappa shape index (κ3) is 1.68. The first-order valence-corrected chi connectivity index (χ1v) is 3.43. The van der Waals surface area contributed by atoms with Gasteiger partial charge in [0.25, 0.3) is 0 Å². The molecule has 3 heteroatoms. The first-order chi connectivity index (χ1) is 5.27. The third-order valence-electron chi connectivity index (χ3n) is 1.59. The van der Waals surface area contributed by atoms with Gasteiger partial charge in [-0.25, -0.2) is 0 Å². The Morgan fingerprint density at radius 2 is 2.36 bits per heavy atom. The Bertz CT molecular complexity index is 218. The first kappa shape index (κ1) is 8.01. The van der Waals surface area contributed by atoms with Crippen LogP contribution in [0.4, 0.5) is 0 Å². The molecule has 11 heavy (non-hydrogen) atoms. The zero-order valence-electron chi connectivity index (χ0n) is 6.63. The molecule has 0 radical (unpaired) electrons. The molecular formula is C8H11NO2. The van der Waals surface area contributed by atoms with E-state index in [-0.39, 0.29) is 11.8 Å². The molecule has 0 saturated heterocycles. The standard InChI is InChI=1S/C8H11NO2/c1-9-7-4-3-6(10)5-8(7)11-2/h3-5,7,9H,1-2H3. The molecule has 0 fully saturated rings. The number of likely N-dealkylation sites (N-methyl/N-ethyl adjacent to an activating group) is 1. The van der Waals surface area contributed by atoms with E-state index in [1.165, 1.54) is 12.2 Å². The maximum atomic E-state index is 10.8. The fraction of sp³-hybridized carbons (Fsp3) is 0.375. The van der Waals surface area contributed by atoms with Crippen LogP contribution in [0.1, 0.15) is 0 Å². The van der Waals surface area contributed by atoms with Crippen LogP contribution < -0.4 is 5.32 Å². The highest BCUT2D eigenvalue weighted by Crippen LogP contribution is 2.09. The summed E-state index contributed by atoms with van der Waals surface area (Å²) >= 11 is 0. The second-order valence-electron chi connectivity index (χ2n) is 2.28. The lowest BCUT2D eigenvalue weighted by Crippen LogP contribution is -2.28. The molecule has 1 rings (SSSR count). The average Bonchev–Trinajstić information content (AvgIpc) is 2.04. The maximum absolute atomic E-state index is 10.8. The fourth-order valence-electron chi connectivity index (χ4n) is 0.988. The number of hydrogen-bond donors (Lipinski definition) is 1. The first-order valence-electron chi connectivity index (χ1n) is 3.43. The van der Waals surface area contributed by atoms with Gasteiger partial charge in [0.2, 0.25) is 0 Å². The van der Waals surface area contributed by atoms with Crippen LogP contribution in [-0.4, -0.2) is 26.0 Å². The van der Waals surface area contributed by atoms with Crippen LogP contribution in [0.5, 0.6) is 0 Å². The molecule has 0 aromatic heterocycles. The van der Waals surface area contributed by atoms with Gasteiger partial charge in [-0.3, -0.25) is 4.79 Å². The van der Waals surface area contributed by atoms with Crippen molar-refractivity contribution in [2.45, 2.75) is 6.04 Å². The van der Waals surface area contributed by atoms with E-state index in [4.69, 9.17) is 4.74 Å². The van der Waals surface area contributed by atoms with Crippen LogP contribution in [0.3, 0.4) is 0 Å². The number of carbonyl (C=O) groups excluding carboxylic acids is 1. The van der Waals surface area contributed by atoms with Crippen molar-refractivity contribution in [3.63, 3.8) is 0 Å². The molecule has 1 N–H and O–H groups in total. The lowest BCUT2D eigenvalue weighted by molar-refractivity contribution is -0.110. The van der Waals surface area contributed by atoms with Crippen LogP contribution in [0.25, 0.3) is 0 Å². The lowest BCUT2D eigenvalue weighted by Gasteiger charge is -2.16. The molecule has 0 saturated carbocycles. The van der Waals surface area contributed by atoms with E-state index in [9.17, 15) is 4.79 Å². The highest BCUT2D eigenvalue weighted by molar-refractivity contribution is 6.00. The molecule has 0 bridgehead atoms. The van der Waals surface area contributed by atoms with Gasteiger partial charge < -0.3 is 10.1 Å². The van der Waals surface area contributed by atoms with Crippen LogP contribution in [0, 0.1) is 0 Å². The lowest BCUT2D eigenvalue weighted by atomic mass is 10.1. The molecule has 0 amide bonds. The van der Waals surface area contributed by atoms with E-state index in [1.54, 1.807) is 13.2 Å². The van der Waals surface area contributed by atoms with E-state index in [0.717, 1.165) is 0 Å². The van der Waals surface area contributed by atoms with Crippen molar-refractivity contribution < 1.29 is 9.53 Å². The summed E-state index contributed by atoms with van der Waals surface area (Å²) in [5.74, 6) is 0.647. The monoisotopic (exact) mass is 153 g/mol. The Kier molecular flexibility index (Phi) is 2.44. The molecule has 1 unspecified atom stereocenters. The normalized spacial score (nSPS) is 23.3. The van der Waals surface area contributed by atoms with Crippen molar-refractivity contribution >= 4 is 5.78 Å². The maximum Gasteiger partial charge on any atom is 0.181 e. The molecule has 0 aliphatic heterocycles. The topological polar surface area (TPSA) is 38.3 Å². The number of methoxy groups -OCH3 is 1. The molecule has 0 aromatic carbocycles. The number of ketones is 1. The molecule has 1 aliphatic rings. The highest BCUT2D eigenvalue weighted by atomic mass is 16.5. The van der Waals surface area contributed by atoms with Gasteiger partial charge in [-0.2, -0.15) is 0 Å². The molecule has 0 aromatic rings. The predicted molar refractivity (Wildman–Crippen MR) is 42.1 cm³/mol. The van der Waals surface area contributed by atoms with Gasteiger partial charge >= 0.3 is 0 Å². The van der Waals surface area contributed by atoms with Crippen molar-refractivity contribution in [1.82, 2.24) is 5.32 Å². The zero-order valence-corrected chi connectivity index (χ0v) is 6.63. The molecular weight excluding hydrogens is 142 g/mol. The van der Waals surface area contributed by atoms with Gasteiger partial charge in [-0.1, -0.05) is 6.08 Å². The summed E-state index contributed by atoms with van der Waals surface area (Å²) in [6.45, 7) is 0. The SMILES string of the molecule is CNC1C=CC(=O)C=C1OC. The highest BCUT2D eigenvalue weighted by Gasteiger charge is 2.14. The van der Waals surface area contributed by atoms with Crippen molar-refractivity contribution in [2.75, 3.05) is 14.2 Å². The van der Waals surface area contributed by atoms with Gasteiger partial charge in [-0.15, -0.1) is 0 Å². The second kappa shape index (κ2) is 3.34. The largest absolute Gasteiger partial charge is 0.499 e. The summed E-state index contributed by atoms with van der Waals surface area (Å²) in [5, 5.41) is 2.99. The van der Waals surface area contributed by atoms with E-state index >= 15 is 0 Å². The minimum Gasteiger partial charge on any atom is -0.499 e. The Balaban J connectivity index is 2.77. The number of allylic oxidation sites excluding steroid dienone is 2. The van der Waals surface area contributed by atoms with Gasteiger partial charge in [0.05, 0.1) is 13.2 Å². The number of hydrogen-bond acceptors (Lipinski definition) is 3. The van der Waals surface area contributed by atoms with Crippen LogP contribution in [0.2, 0.25) is 0 Å². The number of rotatable bonds is 2. The number of ether oxygens (including phenoxy) is 1. The Labute approximate surface area is 65.7 Å². The average molecular weight is 153 g/mol. The second-order valence-corrected chi connectivity index (χ2v) is 2.28. The van der Waals surface area contributed by atoms with Crippen LogP contribution in [-0.2, 0) is 9.53 Å². The summed E-state index contributed by atoms with van der Waals surface area (Å²) in [5.41, 5.74) is 0. The van der Waals surface area contributed by atoms with Gasteiger partial charge in [0.15, 0.2) is 5.78 Å². The number of carbonyl (C=O) groups is 1. The molecule has 3 nitrogen and oxygen atoms in total. The van der Waals surface area contributed by atoms with Crippen molar-refractivity contribution in [1.29, 1.82) is 0 Å². The summed E-state index contributed by atoms with van der Waals surface area (Å²) in [7, 11) is 3.38. The predicted octanol–water partition coefficient (Wildman–Crippen LogP) is 0.244. The summed E-state index contributed by atoms with van der Waals surface area (Å²) < 4.78 is 4.99. The quantitative estimate of drug-likeness (QED) is 0.617. The smallest absolute Gasteiger partial charge is 0.181 e. The van der Waals surface area contributed by atoms with Gasteiger partial charge in [0.1, 0.15) is 5.76 Å². The van der Waals surface area contributed by atoms with E-state index < -0.39 is 0 Å².